The third kappa shape index (κ3) is 3.24. The predicted molar refractivity (Wildman–Crippen MR) is 87.0 cm³/mol. The lowest BCUT2D eigenvalue weighted by Crippen LogP contribution is -2.48. The summed E-state index contributed by atoms with van der Waals surface area (Å²) in [6.45, 7) is 14.5. The first-order valence-electron chi connectivity index (χ1n) is 8.19. The largest absolute Gasteiger partial charge is 0.295 e. The molecule has 3 rings (SSSR count). The van der Waals surface area contributed by atoms with Gasteiger partial charge in [0.2, 0.25) is 0 Å². The van der Waals surface area contributed by atoms with Crippen LogP contribution in [0.5, 0.6) is 0 Å². The highest BCUT2D eigenvalue weighted by Gasteiger charge is 2.43. The molecule has 0 radical (unpaired) electrons. The van der Waals surface area contributed by atoms with Gasteiger partial charge >= 0.3 is 0 Å². The Bertz CT molecular complexity index is 427. The van der Waals surface area contributed by atoms with E-state index in [1.165, 1.54) is 30.6 Å². The van der Waals surface area contributed by atoms with E-state index in [1.54, 1.807) is 0 Å². The monoisotopic (exact) mass is 274 g/mol. The Morgan fingerprint density at radius 1 is 1.15 bits per heavy atom. The molecule has 2 heterocycles. The molecule has 2 saturated heterocycles. The van der Waals surface area contributed by atoms with Gasteiger partial charge in [-0.1, -0.05) is 43.7 Å². The molecular formula is C18H30N2. The summed E-state index contributed by atoms with van der Waals surface area (Å²) in [4.78, 5) is 5.36. The van der Waals surface area contributed by atoms with E-state index in [0.717, 1.165) is 18.6 Å². The molecule has 0 aliphatic carbocycles. The molecule has 2 unspecified atom stereocenters. The van der Waals surface area contributed by atoms with E-state index in [9.17, 15) is 0 Å². The second kappa shape index (κ2) is 6.73. The van der Waals surface area contributed by atoms with Crippen molar-refractivity contribution in [2.45, 2.75) is 65.7 Å². The number of piperazine rings is 1. The third-order valence-corrected chi connectivity index (χ3v) is 4.53. The molecule has 1 aromatic rings. The number of hydrogen-bond donors (Lipinski definition) is 0. The Balaban J connectivity index is 0.000000704. The Morgan fingerprint density at radius 3 is 2.45 bits per heavy atom. The van der Waals surface area contributed by atoms with Crippen LogP contribution < -0.4 is 0 Å². The van der Waals surface area contributed by atoms with Crippen LogP contribution in [0.1, 0.15) is 45.2 Å². The summed E-state index contributed by atoms with van der Waals surface area (Å²) in [5, 5.41) is 0. The van der Waals surface area contributed by atoms with Gasteiger partial charge in [-0.15, -0.1) is 0 Å². The van der Waals surface area contributed by atoms with Crippen LogP contribution in [0.3, 0.4) is 0 Å². The zero-order valence-electron chi connectivity index (χ0n) is 13.8. The van der Waals surface area contributed by atoms with E-state index in [1.807, 2.05) is 13.8 Å². The number of aryl methyl sites for hydroxylation is 1. The zero-order chi connectivity index (χ0) is 14.7. The van der Waals surface area contributed by atoms with E-state index in [-0.39, 0.29) is 0 Å². The molecule has 2 atom stereocenters. The van der Waals surface area contributed by atoms with E-state index >= 15 is 0 Å². The van der Waals surface area contributed by atoms with Crippen molar-refractivity contribution < 1.29 is 0 Å². The van der Waals surface area contributed by atoms with Crippen LogP contribution in [0.25, 0.3) is 0 Å². The predicted octanol–water partition coefficient (Wildman–Crippen LogP) is 3.69. The van der Waals surface area contributed by atoms with Gasteiger partial charge in [-0.2, -0.15) is 0 Å². The first-order chi connectivity index (χ1) is 9.63. The number of likely N-dealkylation sites (tertiary alicyclic amines) is 2. The SMILES string of the molecule is CC.Cc1cccc(CN2CC3CC2CN3C(C)C)c1. The number of nitrogens with zero attached hydrogens (tertiary/aromatic N) is 2. The Hall–Kier alpha value is -0.860. The first kappa shape index (κ1) is 15.5. The lowest BCUT2D eigenvalue weighted by Gasteiger charge is -2.36. The summed E-state index contributed by atoms with van der Waals surface area (Å²) in [6.07, 6.45) is 1.38. The lowest BCUT2D eigenvalue weighted by atomic mass is 10.1. The minimum Gasteiger partial charge on any atom is -0.295 e. The summed E-state index contributed by atoms with van der Waals surface area (Å²) in [7, 11) is 0. The maximum absolute atomic E-state index is 2.68. The van der Waals surface area contributed by atoms with Gasteiger partial charge < -0.3 is 0 Å². The fourth-order valence-electron chi connectivity index (χ4n) is 3.65. The molecule has 2 aliphatic rings. The second-order valence-corrected chi connectivity index (χ2v) is 6.25. The normalized spacial score (nSPS) is 25.9. The number of hydrogen-bond acceptors (Lipinski definition) is 2. The Labute approximate surface area is 124 Å². The van der Waals surface area contributed by atoms with Gasteiger partial charge in [0.15, 0.2) is 0 Å². The highest BCUT2D eigenvalue weighted by atomic mass is 15.4. The van der Waals surface area contributed by atoms with Crippen LogP contribution in [0.15, 0.2) is 24.3 Å². The molecule has 0 amide bonds. The van der Waals surface area contributed by atoms with E-state index < -0.39 is 0 Å². The maximum Gasteiger partial charge on any atom is 0.0242 e. The molecule has 2 nitrogen and oxygen atoms in total. The molecule has 112 valence electrons. The highest BCUT2D eigenvalue weighted by Crippen LogP contribution is 2.33. The van der Waals surface area contributed by atoms with Crippen LogP contribution >= 0.6 is 0 Å². The summed E-state index contributed by atoms with van der Waals surface area (Å²) >= 11 is 0. The van der Waals surface area contributed by atoms with Crippen LogP contribution in [0.2, 0.25) is 0 Å². The lowest BCUT2D eigenvalue weighted by molar-refractivity contribution is 0.0998. The Morgan fingerprint density at radius 2 is 1.90 bits per heavy atom. The molecule has 2 fully saturated rings. The summed E-state index contributed by atoms with van der Waals surface area (Å²) in [5.74, 6) is 0. The van der Waals surface area contributed by atoms with E-state index in [0.29, 0.717) is 6.04 Å². The van der Waals surface area contributed by atoms with Gasteiger partial charge in [0.25, 0.3) is 0 Å². The highest BCUT2D eigenvalue weighted by molar-refractivity contribution is 5.22. The maximum atomic E-state index is 2.68. The van der Waals surface area contributed by atoms with Gasteiger partial charge in [0.05, 0.1) is 0 Å². The van der Waals surface area contributed by atoms with Crippen LogP contribution in [0.4, 0.5) is 0 Å². The van der Waals surface area contributed by atoms with Crippen LogP contribution in [-0.2, 0) is 6.54 Å². The molecule has 20 heavy (non-hydrogen) atoms. The van der Waals surface area contributed by atoms with E-state index in [4.69, 9.17) is 0 Å². The topological polar surface area (TPSA) is 6.48 Å². The van der Waals surface area contributed by atoms with Crippen LogP contribution in [0, 0.1) is 6.92 Å². The van der Waals surface area contributed by atoms with Crippen molar-refractivity contribution in [1.82, 2.24) is 9.80 Å². The van der Waals surface area contributed by atoms with Crippen LogP contribution in [-0.4, -0.2) is 41.0 Å². The number of rotatable bonds is 3. The first-order valence-corrected chi connectivity index (χ1v) is 8.19. The smallest absolute Gasteiger partial charge is 0.0242 e. The van der Waals surface area contributed by atoms with Crippen molar-refractivity contribution in [3.63, 3.8) is 0 Å². The summed E-state index contributed by atoms with van der Waals surface area (Å²) in [5.41, 5.74) is 2.85. The Kier molecular flexibility index (Phi) is 5.22. The number of fused-ring (bicyclic) bond motifs is 2. The zero-order valence-corrected chi connectivity index (χ0v) is 13.8. The van der Waals surface area contributed by atoms with Gasteiger partial charge in [-0.25, -0.2) is 0 Å². The molecular weight excluding hydrogens is 244 g/mol. The third-order valence-electron chi connectivity index (χ3n) is 4.53. The average molecular weight is 274 g/mol. The summed E-state index contributed by atoms with van der Waals surface area (Å²) in [6, 6.07) is 11.3. The van der Waals surface area contributed by atoms with Crippen molar-refractivity contribution in [1.29, 1.82) is 0 Å². The standard InChI is InChI=1S/C16H24N2.C2H6/c1-12(2)18-11-15-8-16(18)10-17(15)9-14-6-4-5-13(3)7-14;1-2/h4-7,12,15-16H,8-11H2,1-3H3;1-2H3. The fraction of sp³-hybridized carbons (Fsp3) is 0.667. The van der Waals surface area contributed by atoms with Gasteiger partial charge in [-0.3, -0.25) is 9.80 Å². The molecule has 2 aliphatic heterocycles. The van der Waals surface area contributed by atoms with E-state index in [2.05, 4.69) is 54.8 Å². The summed E-state index contributed by atoms with van der Waals surface area (Å²) < 4.78 is 0. The molecule has 0 spiro atoms. The van der Waals surface area contributed by atoms with Crippen molar-refractivity contribution in [3.8, 4) is 0 Å². The molecule has 1 aromatic carbocycles. The van der Waals surface area contributed by atoms with Crippen molar-refractivity contribution in [3.05, 3.63) is 35.4 Å². The minimum absolute atomic E-state index is 0.709. The van der Waals surface area contributed by atoms with Crippen molar-refractivity contribution >= 4 is 0 Å². The van der Waals surface area contributed by atoms with Gasteiger partial charge in [0.1, 0.15) is 0 Å². The average Bonchev–Trinajstić information content (AvgIpc) is 3.01. The molecule has 0 N–H and O–H groups in total. The van der Waals surface area contributed by atoms with Gasteiger partial charge in [0, 0.05) is 37.8 Å². The quantitative estimate of drug-likeness (QED) is 0.829. The number of benzene rings is 1. The minimum atomic E-state index is 0.709. The molecule has 2 heteroatoms. The fourth-order valence-corrected chi connectivity index (χ4v) is 3.65. The molecule has 2 bridgehead atoms. The van der Waals surface area contributed by atoms with Crippen molar-refractivity contribution in [2.24, 2.45) is 0 Å². The van der Waals surface area contributed by atoms with Gasteiger partial charge in [-0.05, 0) is 32.8 Å². The molecule has 0 aromatic heterocycles. The van der Waals surface area contributed by atoms with Crippen molar-refractivity contribution in [2.75, 3.05) is 13.1 Å². The second-order valence-electron chi connectivity index (χ2n) is 6.25. The molecule has 0 saturated carbocycles.